The van der Waals surface area contributed by atoms with E-state index in [1.54, 1.807) is 11.6 Å². The van der Waals surface area contributed by atoms with Crippen LogP contribution in [0.5, 0.6) is 0 Å². The highest BCUT2D eigenvalue weighted by Gasteiger charge is 2.30. The summed E-state index contributed by atoms with van der Waals surface area (Å²) in [5.74, 6) is -0.432. The van der Waals surface area contributed by atoms with Crippen LogP contribution in [0.1, 0.15) is 36.8 Å². The Morgan fingerprint density at radius 3 is 2.18 bits per heavy atom. The van der Waals surface area contributed by atoms with Crippen molar-refractivity contribution in [2.75, 3.05) is 11.9 Å². The van der Waals surface area contributed by atoms with Gasteiger partial charge in [-0.15, -0.1) is 0 Å². The van der Waals surface area contributed by atoms with Gasteiger partial charge in [0, 0.05) is 11.4 Å². The molecule has 2 aromatic rings. The predicted octanol–water partition coefficient (Wildman–Crippen LogP) is 3.04. The van der Waals surface area contributed by atoms with Crippen LogP contribution in [0.2, 0.25) is 0 Å². The Kier molecular flexibility index (Phi) is 5.90. The highest BCUT2D eigenvalue weighted by atomic mass is 32.2. The number of carbonyl (C=O) groups excluding carboxylic acids is 1. The summed E-state index contributed by atoms with van der Waals surface area (Å²) < 4.78 is 63.5. The lowest BCUT2D eigenvalue weighted by atomic mass is 10.1. The van der Waals surface area contributed by atoms with Gasteiger partial charge < -0.3 is 5.32 Å². The fraction of sp³-hybridized carbons (Fsp3) is 0.412. The van der Waals surface area contributed by atoms with Gasteiger partial charge in [0.2, 0.25) is 10.0 Å². The maximum atomic E-state index is 12.4. The van der Waals surface area contributed by atoms with Crippen LogP contribution < -0.4 is 10.0 Å². The first-order valence-corrected chi connectivity index (χ1v) is 9.72. The number of halogens is 3. The molecule has 1 aromatic carbocycles. The fourth-order valence-electron chi connectivity index (χ4n) is 2.48. The van der Waals surface area contributed by atoms with Crippen LogP contribution in [-0.2, 0) is 15.6 Å². The molecule has 2 rings (SSSR count). The van der Waals surface area contributed by atoms with E-state index in [4.69, 9.17) is 0 Å². The first kappa shape index (κ1) is 21.9. The van der Waals surface area contributed by atoms with Crippen molar-refractivity contribution in [1.29, 1.82) is 0 Å². The lowest BCUT2D eigenvalue weighted by Crippen LogP contribution is -2.33. The van der Waals surface area contributed by atoms with Gasteiger partial charge in [-0.3, -0.25) is 9.48 Å². The van der Waals surface area contributed by atoms with Crippen LogP contribution in [0.3, 0.4) is 0 Å². The van der Waals surface area contributed by atoms with Crippen LogP contribution in [0, 0.1) is 6.92 Å². The summed E-state index contributed by atoms with van der Waals surface area (Å²) in [5.41, 5.74) is 1.02. The van der Waals surface area contributed by atoms with Gasteiger partial charge in [0.15, 0.2) is 0 Å². The predicted molar refractivity (Wildman–Crippen MR) is 97.6 cm³/mol. The van der Waals surface area contributed by atoms with Crippen LogP contribution in [-0.4, -0.2) is 36.8 Å². The molecule has 7 nitrogen and oxygen atoms in total. The zero-order chi connectivity index (χ0) is 21.3. The van der Waals surface area contributed by atoms with Crippen LogP contribution in [0.25, 0.3) is 0 Å². The van der Waals surface area contributed by atoms with Crippen molar-refractivity contribution in [3.8, 4) is 0 Å². The molecular weight excluding hydrogens is 397 g/mol. The molecule has 0 aliphatic rings. The number of sulfonamides is 1. The van der Waals surface area contributed by atoms with E-state index in [1.165, 1.54) is 23.1 Å². The largest absolute Gasteiger partial charge is 0.402 e. The lowest BCUT2D eigenvalue weighted by Gasteiger charge is -2.21. The fourth-order valence-corrected chi connectivity index (χ4v) is 3.50. The first-order valence-electron chi connectivity index (χ1n) is 8.24. The smallest absolute Gasteiger partial charge is 0.322 e. The zero-order valence-electron chi connectivity index (χ0n) is 15.8. The van der Waals surface area contributed by atoms with Crippen LogP contribution in [0.4, 0.5) is 18.9 Å². The second-order valence-electron chi connectivity index (χ2n) is 7.14. The third kappa shape index (κ3) is 5.32. The molecule has 0 saturated heterocycles. The first-order chi connectivity index (χ1) is 12.7. The number of carbonyl (C=O) groups is 1. The van der Waals surface area contributed by atoms with Crippen molar-refractivity contribution < 1.29 is 26.4 Å². The maximum Gasteiger partial charge on any atom is 0.402 e. The minimum absolute atomic E-state index is 0.294. The number of nitrogens with one attached hydrogen (secondary N) is 2. The second-order valence-corrected chi connectivity index (χ2v) is 8.91. The molecule has 0 saturated carbocycles. The number of anilines is 1. The summed E-state index contributed by atoms with van der Waals surface area (Å²) >= 11 is 0. The Labute approximate surface area is 161 Å². The standard InChI is InChI=1S/C17H21F3N4O3S/c1-11-14(9-21-24(11)16(2,3)4)15(25)23-12-5-7-13(8-6-12)28(26,27)22-10-17(18,19)20/h5-9,22H,10H2,1-4H3,(H,23,25). The topological polar surface area (TPSA) is 93.1 Å². The van der Waals surface area contributed by atoms with E-state index in [2.05, 4.69) is 10.4 Å². The van der Waals surface area contributed by atoms with Crippen molar-refractivity contribution in [3.05, 3.63) is 41.7 Å². The quantitative estimate of drug-likeness (QED) is 0.781. The molecule has 0 fully saturated rings. The summed E-state index contributed by atoms with van der Waals surface area (Å²) in [4.78, 5) is 12.1. The lowest BCUT2D eigenvalue weighted by molar-refractivity contribution is -0.121. The molecule has 1 amide bonds. The SMILES string of the molecule is Cc1c(C(=O)Nc2ccc(S(=O)(=O)NCC(F)(F)F)cc2)cnn1C(C)(C)C. The number of nitrogens with zero attached hydrogens (tertiary/aromatic N) is 2. The number of hydrogen-bond donors (Lipinski definition) is 2. The van der Waals surface area contributed by atoms with Crippen LogP contribution >= 0.6 is 0 Å². The average molecular weight is 418 g/mol. The Hall–Kier alpha value is -2.40. The van der Waals surface area contributed by atoms with Crippen molar-refractivity contribution in [2.24, 2.45) is 0 Å². The van der Waals surface area contributed by atoms with E-state index in [-0.39, 0.29) is 10.4 Å². The van der Waals surface area contributed by atoms with Gasteiger partial charge in [0.25, 0.3) is 5.91 Å². The Morgan fingerprint density at radius 2 is 1.71 bits per heavy atom. The number of amides is 1. The molecule has 0 radical (unpaired) electrons. The molecule has 28 heavy (non-hydrogen) atoms. The zero-order valence-corrected chi connectivity index (χ0v) is 16.6. The van der Waals surface area contributed by atoms with Gasteiger partial charge in [-0.25, -0.2) is 13.1 Å². The van der Waals surface area contributed by atoms with E-state index < -0.39 is 28.7 Å². The van der Waals surface area contributed by atoms with Gasteiger partial charge in [0.1, 0.15) is 6.54 Å². The molecule has 0 aliphatic heterocycles. The molecule has 1 heterocycles. The molecule has 1 aromatic heterocycles. The minimum Gasteiger partial charge on any atom is -0.322 e. The molecule has 11 heteroatoms. The summed E-state index contributed by atoms with van der Waals surface area (Å²) in [6, 6.07) is 4.81. The van der Waals surface area contributed by atoms with E-state index >= 15 is 0 Å². The molecule has 2 N–H and O–H groups in total. The average Bonchev–Trinajstić information content (AvgIpc) is 2.95. The Bertz CT molecular complexity index is 959. The monoisotopic (exact) mass is 418 g/mol. The Morgan fingerprint density at radius 1 is 1.14 bits per heavy atom. The number of hydrogen-bond acceptors (Lipinski definition) is 4. The van der Waals surface area contributed by atoms with Gasteiger partial charge in [0.05, 0.1) is 22.2 Å². The molecular formula is C17H21F3N4O3S. The van der Waals surface area contributed by atoms with Crippen molar-refractivity contribution in [3.63, 3.8) is 0 Å². The second kappa shape index (κ2) is 7.55. The normalized spacial score (nSPS) is 12.8. The highest BCUT2D eigenvalue weighted by molar-refractivity contribution is 7.89. The highest BCUT2D eigenvalue weighted by Crippen LogP contribution is 2.20. The number of aromatic nitrogens is 2. The maximum absolute atomic E-state index is 12.4. The minimum atomic E-state index is -4.66. The van der Waals surface area contributed by atoms with E-state index in [0.717, 1.165) is 12.1 Å². The van der Waals surface area contributed by atoms with Gasteiger partial charge in [-0.1, -0.05) is 0 Å². The molecule has 0 unspecified atom stereocenters. The molecule has 154 valence electrons. The molecule has 0 atom stereocenters. The summed E-state index contributed by atoms with van der Waals surface area (Å²) in [5, 5.41) is 6.82. The van der Waals surface area contributed by atoms with E-state index in [0.29, 0.717) is 16.9 Å². The van der Waals surface area contributed by atoms with Gasteiger partial charge in [-0.2, -0.15) is 18.3 Å². The van der Waals surface area contributed by atoms with Gasteiger partial charge in [-0.05, 0) is 52.0 Å². The summed E-state index contributed by atoms with van der Waals surface area (Å²) in [6.45, 7) is 5.93. The van der Waals surface area contributed by atoms with Crippen molar-refractivity contribution >= 4 is 21.6 Å². The summed E-state index contributed by atoms with van der Waals surface area (Å²) in [6.07, 6.45) is -3.22. The molecule has 0 spiro atoms. The van der Waals surface area contributed by atoms with E-state index in [9.17, 15) is 26.4 Å². The number of alkyl halides is 3. The van der Waals surface area contributed by atoms with Gasteiger partial charge >= 0.3 is 6.18 Å². The molecule has 0 aliphatic carbocycles. The number of benzene rings is 1. The third-order valence-corrected chi connectivity index (χ3v) is 5.19. The summed E-state index contributed by atoms with van der Waals surface area (Å²) in [7, 11) is -4.31. The van der Waals surface area contributed by atoms with Crippen molar-refractivity contribution in [2.45, 2.75) is 44.3 Å². The third-order valence-electron chi connectivity index (χ3n) is 3.77. The Balaban J connectivity index is 2.13. The molecule has 0 bridgehead atoms. The van der Waals surface area contributed by atoms with Crippen molar-refractivity contribution in [1.82, 2.24) is 14.5 Å². The van der Waals surface area contributed by atoms with E-state index in [1.807, 2.05) is 20.8 Å². The number of rotatable bonds is 5. The van der Waals surface area contributed by atoms with Crippen LogP contribution in [0.15, 0.2) is 35.4 Å².